The Morgan fingerprint density at radius 3 is 2.75 bits per heavy atom. The number of thiophene rings is 1. The van der Waals surface area contributed by atoms with Gasteiger partial charge < -0.3 is 10.6 Å². The van der Waals surface area contributed by atoms with E-state index in [1.807, 2.05) is 11.8 Å². The zero-order valence-corrected chi connectivity index (χ0v) is 15.5. The number of aromatic nitrogens is 2. The van der Waals surface area contributed by atoms with Crippen molar-refractivity contribution in [3.05, 3.63) is 10.4 Å². The number of nitrogen functional groups attached to an aromatic ring is 1. The molecule has 1 amide bonds. The number of carbonyl (C=O) groups excluding carboxylic acids is 1. The van der Waals surface area contributed by atoms with Crippen LogP contribution < -0.4 is 5.73 Å². The van der Waals surface area contributed by atoms with Gasteiger partial charge in [0, 0.05) is 18.0 Å². The van der Waals surface area contributed by atoms with Crippen molar-refractivity contribution >= 4 is 45.0 Å². The van der Waals surface area contributed by atoms with E-state index in [-0.39, 0.29) is 11.2 Å². The fraction of sp³-hybridized carbons (Fsp3) is 0.588. The lowest BCUT2D eigenvalue weighted by Crippen LogP contribution is -2.34. The van der Waals surface area contributed by atoms with Gasteiger partial charge in [0.2, 0.25) is 5.91 Å². The van der Waals surface area contributed by atoms with Crippen LogP contribution in [0, 0.1) is 0 Å². The normalized spacial score (nSPS) is 18.8. The van der Waals surface area contributed by atoms with Crippen molar-refractivity contribution in [3.63, 3.8) is 0 Å². The molecular formula is C17H22N4OS2. The molecule has 0 aromatic carbocycles. The van der Waals surface area contributed by atoms with Crippen LogP contribution >= 0.6 is 23.1 Å². The maximum absolute atomic E-state index is 12.5. The summed E-state index contributed by atoms with van der Waals surface area (Å²) >= 11 is 3.18. The first kappa shape index (κ1) is 16.1. The van der Waals surface area contributed by atoms with E-state index < -0.39 is 0 Å². The van der Waals surface area contributed by atoms with E-state index >= 15 is 0 Å². The molecule has 1 aliphatic carbocycles. The second-order valence-corrected chi connectivity index (χ2v) is 8.97. The quantitative estimate of drug-likeness (QED) is 0.670. The smallest absolute Gasteiger partial charge is 0.235 e. The fourth-order valence-corrected chi connectivity index (χ4v) is 5.81. The predicted molar refractivity (Wildman–Crippen MR) is 99.6 cm³/mol. The van der Waals surface area contributed by atoms with Crippen LogP contribution in [-0.2, 0) is 17.6 Å². The number of likely N-dealkylation sites (tertiary alicyclic amines) is 1. The molecule has 1 atom stereocenters. The molecule has 3 heterocycles. The Bertz CT molecular complexity index is 782. The number of nitrogens with zero attached hydrogens (tertiary/aromatic N) is 3. The number of thioether (sulfide) groups is 1. The first-order valence-electron chi connectivity index (χ1n) is 8.66. The van der Waals surface area contributed by atoms with E-state index in [0.29, 0.717) is 11.0 Å². The SMILES string of the molecule is CC(Sc1nc(N)c2c3c(sc2n1)CCCC3)C(=O)N1CCCC1. The van der Waals surface area contributed by atoms with Gasteiger partial charge in [0.25, 0.3) is 0 Å². The minimum atomic E-state index is -0.172. The van der Waals surface area contributed by atoms with Gasteiger partial charge in [-0.2, -0.15) is 0 Å². The topological polar surface area (TPSA) is 72.1 Å². The molecule has 1 saturated heterocycles. The molecule has 5 nitrogen and oxygen atoms in total. The Kier molecular flexibility index (Phi) is 4.39. The van der Waals surface area contributed by atoms with E-state index in [1.54, 1.807) is 11.3 Å². The second kappa shape index (κ2) is 6.52. The Morgan fingerprint density at radius 1 is 1.21 bits per heavy atom. The highest BCUT2D eigenvalue weighted by Gasteiger charge is 2.26. The van der Waals surface area contributed by atoms with E-state index in [1.165, 1.54) is 35.0 Å². The van der Waals surface area contributed by atoms with Crippen LogP contribution in [0.2, 0.25) is 0 Å². The molecule has 0 spiro atoms. The molecule has 1 fully saturated rings. The summed E-state index contributed by atoms with van der Waals surface area (Å²) < 4.78 is 0. The molecule has 2 aromatic heterocycles. The Morgan fingerprint density at radius 2 is 1.96 bits per heavy atom. The summed E-state index contributed by atoms with van der Waals surface area (Å²) in [5.74, 6) is 0.757. The minimum Gasteiger partial charge on any atom is -0.383 e. The highest BCUT2D eigenvalue weighted by molar-refractivity contribution is 8.00. The molecule has 2 aliphatic rings. The van der Waals surface area contributed by atoms with Gasteiger partial charge in [0.15, 0.2) is 5.16 Å². The number of aryl methyl sites for hydroxylation is 2. The average molecular weight is 363 g/mol. The Labute approximate surface area is 150 Å². The van der Waals surface area contributed by atoms with Gasteiger partial charge in [-0.15, -0.1) is 11.3 Å². The van der Waals surface area contributed by atoms with Crippen molar-refractivity contribution in [2.75, 3.05) is 18.8 Å². The van der Waals surface area contributed by atoms with Crippen molar-refractivity contribution in [1.29, 1.82) is 0 Å². The van der Waals surface area contributed by atoms with Gasteiger partial charge in [0.05, 0.1) is 10.6 Å². The largest absolute Gasteiger partial charge is 0.383 e. The molecule has 0 radical (unpaired) electrons. The van der Waals surface area contributed by atoms with Gasteiger partial charge >= 0.3 is 0 Å². The average Bonchev–Trinajstić information content (AvgIpc) is 3.21. The van der Waals surface area contributed by atoms with Crippen LogP contribution in [0.1, 0.15) is 43.0 Å². The van der Waals surface area contributed by atoms with Crippen molar-refractivity contribution in [3.8, 4) is 0 Å². The summed E-state index contributed by atoms with van der Waals surface area (Å²) in [6.45, 7) is 3.70. The molecule has 0 saturated carbocycles. The fourth-order valence-electron chi connectivity index (χ4n) is 3.62. The molecular weight excluding hydrogens is 340 g/mol. The molecule has 4 rings (SSSR count). The first-order valence-corrected chi connectivity index (χ1v) is 10.4. The van der Waals surface area contributed by atoms with Crippen LogP contribution in [0.15, 0.2) is 5.16 Å². The zero-order chi connectivity index (χ0) is 16.7. The number of carbonyl (C=O) groups is 1. The lowest BCUT2D eigenvalue weighted by Gasteiger charge is -2.19. The molecule has 24 heavy (non-hydrogen) atoms. The summed E-state index contributed by atoms with van der Waals surface area (Å²) in [6.07, 6.45) is 6.90. The number of amides is 1. The van der Waals surface area contributed by atoms with Crippen molar-refractivity contribution in [1.82, 2.24) is 14.9 Å². The van der Waals surface area contributed by atoms with Gasteiger partial charge in [-0.05, 0) is 51.0 Å². The lowest BCUT2D eigenvalue weighted by molar-refractivity contribution is -0.129. The van der Waals surface area contributed by atoms with E-state index in [2.05, 4.69) is 4.98 Å². The van der Waals surface area contributed by atoms with Crippen molar-refractivity contribution in [2.24, 2.45) is 0 Å². The third-order valence-electron chi connectivity index (χ3n) is 4.87. The summed E-state index contributed by atoms with van der Waals surface area (Å²) in [6, 6.07) is 0. The molecule has 1 aliphatic heterocycles. The third-order valence-corrected chi connectivity index (χ3v) is 7.00. The second-order valence-electron chi connectivity index (χ2n) is 6.57. The number of hydrogen-bond acceptors (Lipinski definition) is 6. The van der Waals surface area contributed by atoms with Crippen LogP contribution in [0.25, 0.3) is 10.2 Å². The summed E-state index contributed by atoms with van der Waals surface area (Å²) in [4.78, 5) is 26.0. The monoisotopic (exact) mass is 362 g/mol. The zero-order valence-electron chi connectivity index (χ0n) is 13.9. The van der Waals surface area contributed by atoms with Gasteiger partial charge in [-0.25, -0.2) is 9.97 Å². The standard InChI is InChI=1S/C17H22N4OS2/c1-10(16(22)21-8-4-5-9-21)23-17-19-14(18)13-11-6-2-3-7-12(11)24-15(13)20-17/h10H,2-9H2,1H3,(H2,18,19,20). The van der Waals surface area contributed by atoms with Crippen LogP contribution in [-0.4, -0.2) is 39.1 Å². The number of rotatable bonds is 3. The molecule has 0 bridgehead atoms. The molecule has 7 heteroatoms. The van der Waals surface area contributed by atoms with Crippen molar-refractivity contribution in [2.45, 2.75) is 55.9 Å². The van der Waals surface area contributed by atoms with Gasteiger partial charge in [0.1, 0.15) is 10.6 Å². The highest BCUT2D eigenvalue weighted by atomic mass is 32.2. The maximum atomic E-state index is 12.5. The molecule has 128 valence electrons. The third kappa shape index (κ3) is 2.88. The van der Waals surface area contributed by atoms with E-state index in [0.717, 1.165) is 49.0 Å². The lowest BCUT2D eigenvalue weighted by atomic mass is 9.97. The predicted octanol–water partition coefficient (Wildman–Crippen LogP) is 3.26. The number of hydrogen-bond donors (Lipinski definition) is 1. The summed E-state index contributed by atoms with van der Waals surface area (Å²) in [7, 11) is 0. The molecule has 2 aromatic rings. The number of nitrogens with two attached hydrogens (primary N) is 1. The van der Waals surface area contributed by atoms with Crippen molar-refractivity contribution < 1.29 is 4.79 Å². The summed E-state index contributed by atoms with van der Waals surface area (Å²) in [5, 5.41) is 1.51. The van der Waals surface area contributed by atoms with Crippen LogP contribution in [0.4, 0.5) is 5.82 Å². The van der Waals surface area contributed by atoms with Gasteiger partial charge in [-0.1, -0.05) is 11.8 Å². The van der Waals surface area contributed by atoms with E-state index in [4.69, 9.17) is 10.7 Å². The minimum absolute atomic E-state index is 0.172. The van der Waals surface area contributed by atoms with E-state index in [9.17, 15) is 4.79 Å². The Hall–Kier alpha value is -1.34. The molecule has 2 N–H and O–H groups in total. The number of fused-ring (bicyclic) bond motifs is 3. The van der Waals surface area contributed by atoms with Crippen LogP contribution in [0.5, 0.6) is 0 Å². The van der Waals surface area contributed by atoms with Crippen LogP contribution in [0.3, 0.4) is 0 Å². The van der Waals surface area contributed by atoms with Gasteiger partial charge in [-0.3, -0.25) is 4.79 Å². The maximum Gasteiger partial charge on any atom is 0.235 e. The summed E-state index contributed by atoms with van der Waals surface area (Å²) in [5.41, 5.74) is 7.60. The molecule has 1 unspecified atom stereocenters. The number of anilines is 1. The first-order chi connectivity index (χ1) is 11.6. The highest BCUT2D eigenvalue weighted by Crippen LogP contribution is 2.39. The Balaban J connectivity index is 1.59.